The summed E-state index contributed by atoms with van der Waals surface area (Å²) in [5, 5.41) is 13.6. The van der Waals surface area contributed by atoms with Crippen molar-refractivity contribution in [3.63, 3.8) is 0 Å². The number of rotatable bonds is 7. The van der Waals surface area contributed by atoms with E-state index in [1.54, 1.807) is 16.4 Å². The van der Waals surface area contributed by atoms with Gasteiger partial charge in [0, 0.05) is 35.6 Å². The van der Waals surface area contributed by atoms with E-state index in [4.69, 9.17) is 0 Å². The molecule has 27 heavy (non-hydrogen) atoms. The Bertz CT molecular complexity index is 793. The molecule has 0 spiro atoms. The molecule has 1 aliphatic heterocycles. The van der Waals surface area contributed by atoms with E-state index < -0.39 is 6.29 Å². The topological polar surface area (TPSA) is 88.1 Å². The highest BCUT2D eigenvalue weighted by Crippen LogP contribution is 2.20. The van der Waals surface area contributed by atoms with E-state index in [0.717, 1.165) is 17.0 Å². The minimum Gasteiger partial charge on any atom is -0.322 e. The Balaban J connectivity index is 1.60. The third kappa shape index (κ3) is 5.33. The first-order chi connectivity index (χ1) is 13.0. The number of carbonyl (C=O) groups is 2. The molecule has 2 heterocycles. The average Bonchev–Trinajstić information content (AvgIpc) is 3.02. The molecule has 1 aromatic heterocycles. The van der Waals surface area contributed by atoms with Gasteiger partial charge in [-0.1, -0.05) is 25.1 Å². The van der Waals surface area contributed by atoms with Gasteiger partial charge in [-0.2, -0.15) is 5.10 Å². The van der Waals surface area contributed by atoms with Gasteiger partial charge in [0.2, 0.25) is 11.8 Å². The number of anilines is 1. The highest BCUT2D eigenvalue weighted by molar-refractivity contribution is 7.99. The molecule has 1 aromatic carbocycles. The van der Waals surface area contributed by atoms with Crippen molar-refractivity contribution in [1.82, 2.24) is 20.4 Å². The molecular formula is C19H25N5O2S. The highest BCUT2D eigenvalue weighted by atomic mass is 32.2. The van der Waals surface area contributed by atoms with Crippen LogP contribution < -0.4 is 16.0 Å². The molecule has 3 N–H and O–H groups in total. The molecule has 144 valence electrons. The molecule has 2 unspecified atom stereocenters. The predicted octanol–water partition coefficient (Wildman–Crippen LogP) is 2.66. The van der Waals surface area contributed by atoms with E-state index in [-0.39, 0.29) is 17.9 Å². The number of aromatic nitrogens is 2. The van der Waals surface area contributed by atoms with Crippen LogP contribution in [0.1, 0.15) is 38.2 Å². The standard InChI is InChI=1S/C19H25N5O2S/c1-3-14-12-18(26)22-19(20-14)24-16(11-13(2)23-24)21-17(25)9-10-27-15-7-5-4-6-8-15/h4-8,11,14,19-20H,3,9-10,12H2,1-2H3,(H,21,25)(H,22,26). The van der Waals surface area contributed by atoms with Gasteiger partial charge in [-0.15, -0.1) is 11.8 Å². The summed E-state index contributed by atoms with van der Waals surface area (Å²) in [4.78, 5) is 25.5. The van der Waals surface area contributed by atoms with Crippen LogP contribution in [0.4, 0.5) is 5.82 Å². The van der Waals surface area contributed by atoms with Gasteiger partial charge in [-0.05, 0) is 25.5 Å². The summed E-state index contributed by atoms with van der Waals surface area (Å²) in [6.07, 6.45) is 1.24. The normalized spacial score (nSPS) is 19.6. The van der Waals surface area contributed by atoms with Crippen LogP contribution in [-0.2, 0) is 9.59 Å². The fraction of sp³-hybridized carbons (Fsp3) is 0.421. The maximum absolute atomic E-state index is 12.4. The monoisotopic (exact) mass is 387 g/mol. The third-order valence-electron chi connectivity index (χ3n) is 4.33. The molecule has 0 bridgehead atoms. The lowest BCUT2D eigenvalue weighted by atomic mass is 10.1. The molecule has 0 aliphatic carbocycles. The third-order valence-corrected chi connectivity index (χ3v) is 5.34. The van der Waals surface area contributed by atoms with Crippen molar-refractivity contribution < 1.29 is 9.59 Å². The molecule has 3 rings (SSSR count). The molecule has 2 atom stereocenters. The van der Waals surface area contributed by atoms with Crippen molar-refractivity contribution in [1.29, 1.82) is 0 Å². The number of thioether (sulfide) groups is 1. The van der Waals surface area contributed by atoms with Crippen LogP contribution >= 0.6 is 11.8 Å². The molecule has 8 heteroatoms. The lowest BCUT2D eigenvalue weighted by Crippen LogP contribution is -2.53. The van der Waals surface area contributed by atoms with Gasteiger partial charge in [0.15, 0.2) is 6.29 Å². The van der Waals surface area contributed by atoms with Crippen molar-refractivity contribution in [3.8, 4) is 0 Å². The van der Waals surface area contributed by atoms with Crippen molar-refractivity contribution in [2.45, 2.75) is 50.3 Å². The van der Waals surface area contributed by atoms with Crippen molar-refractivity contribution in [2.24, 2.45) is 0 Å². The lowest BCUT2D eigenvalue weighted by Gasteiger charge is -2.31. The van der Waals surface area contributed by atoms with E-state index in [0.29, 0.717) is 24.4 Å². The van der Waals surface area contributed by atoms with Gasteiger partial charge in [0.1, 0.15) is 5.82 Å². The average molecular weight is 388 g/mol. The number of nitrogens with one attached hydrogen (secondary N) is 3. The smallest absolute Gasteiger partial charge is 0.226 e. The second-order valence-corrected chi connectivity index (χ2v) is 7.69. The first-order valence-corrected chi connectivity index (χ1v) is 10.1. The van der Waals surface area contributed by atoms with Gasteiger partial charge in [-0.25, -0.2) is 4.68 Å². The Hall–Kier alpha value is -2.32. The van der Waals surface area contributed by atoms with E-state index >= 15 is 0 Å². The molecule has 0 saturated carbocycles. The quantitative estimate of drug-likeness (QED) is 0.636. The van der Waals surface area contributed by atoms with Gasteiger partial charge >= 0.3 is 0 Å². The van der Waals surface area contributed by atoms with E-state index in [9.17, 15) is 9.59 Å². The number of nitrogens with zero attached hydrogens (tertiary/aromatic N) is 2. The summed E-state index contributed by atoms with van der Waals surface area (Å²) in [5.74, 6) is 1.18. The molecule has 2 amide bonds. The number of aryl methyl sites for hydroxylation is 1. The fourth-order valence-electron chi connectivity index (χ4n) is 2.94. The van der Waals surface area contributed by atoms with Crippen LogP contribution in [0.3, 0.4) is 0 Å². The Labute approximate surface area is 163 Å². The number of hydrogen-bond acceptors (Lipinski definition) is 5. The van der Waals surface area contributed by atoms with Gasteiger partial charge in [0.25, 0.3) is 0 Å². The maximum Gasteiger partial charge on any atom is 0.226 e. The molecule has 2 aromatic rings. The number of hydrogen-bond donors (Lipinski definition) is 3. The van der Waals surface area contributed by atoms with Crippen LogP contribution in [0.2, 0.25) is 0 Å². The van der Waals surface area contributed by atoms with Crippen LogP contribution in [0.15, 0.2) is 41.3 Å². The van der Waals surface area contributed by atoms with Gasteiger partial charge in [-0.3, -0.25) is 14.9 Å². The maximum atomic E-state index is 12.4. The molecule has 1 fully saturated rings. The zero-order valence-electron chi connectivity index (χ0n) is 15.6. The first kappa shape index (κ1) is 19.4. The van der Waals surface area contributed by atoms with Gasteiger partial charge in [0.05, 0.1) is 5.69 Å². The summed E-state index contributed by atoms with van der Waals surface area (Å²) < 4.78 is 1.64. The van der Waals surface area contributed by atoms with Crippen molar-refractivity contribution in [2.75, 3.05) is 11.1 Å². The van der Waals surface area contributed by atoms with Crippen LogP contribution in [0.5, 0.6) is 0 Å². The first-order valence-electron chi connectivity index (χ1n) is 9.14. The highest BCUT2D eigenvalue weighted by Gasteiger charge is 2.28. The minimum absolute atomic E-state index is 0.0182. The Morgan fingerprint density at radius 3 is 2.89 bits per heavy atom. The zero-order chi connectivity index (χ0) is 19.2. The zero-order valence-corrected chi connectivity index (χ0v) is 16.4. The van der Waals surface area contributed by atoms with Gasteiger partial charge < -0.3 is 10.6 Å². The number of amides is 2. The minimum atomic E-state index is -0.459. The largest absolute Gasteiger partial charge is 0.322 e. The lowest BCUT2D eigenvalue weighted by molar-refractivity contribution is -0.125. The second-order valence-electron chi connectivity index (χ2n) is 6.52. The molecule has 0 radical (unpaired) electrons. The van der Waals surface area contributed by atoms with E-state index in [1.807, 2.05) is 50.2 Å². The van der Waals surface area contributed by atoms with Crippen LogP contribution in [0.25, 0.3) is 0 Å². The summed E-state index contributed by atoms with van der Waals surface area (Å²) in [6, 6.07) is 11.9. The Kier molecular flexibility index (Phi) is 6.52. The molecule has 7 nitrogen and oxygen atoms in total. The molecule has 1 aliphatic rings. The molecule has 1 saturated heterocycles. The summed E-state index contributed by atoms with van der Waals surface area (Å²) in [7, 11) is 0. The summed E-state index contributed by atoms with van der Waals surface area (Å²) in [6.45, 7) is 3.90. The summed E-state index contributed by atoms with van der Waals surface area (Å²) >= 11 is 1.65. The Morgan fingerprint density at radius 1 is 1.37 bits per heavy atom. The van der Waals surface area contributed by atoms with Crippen molar-refractivity contribution >= 4 is 29.4 Å². The number of benzene rings is 1. The summed E-state index contributed by atoms with van der Waals surface area (Å²) in [5.41, 5.74) is 0.777. The molecular weight excluding hydrogens is 362 g/mol. The SMILES string of the molecule is CCC1CC(=O)NC(n2nc(C)cc2NC(=O)CCSc2ccccc2)N1. The second kappa shape index (κ2) is 9.05. The number of carbonyl (C=O) groups excluding carboxylic acids is 2. The van der Waals surface area contributed by atoms with Crippen LogP contribution in [-0.4, -0.2) is 33.4 Å². The van der Waals surface area contributed by atoms with Crippen molar-refractivity contribution in [3.05, 3.63) is 42.1 Å². The fourth-order valence-corrected chi connectivity index (χ4v) is 3.82. The van der Waals surface area contributed by atoms with Crippen LogP contribution in [0, 0.1) is 6.92 Å². The van der Waals surface area contributed by atoms with E-state index in [1.165, 1.54) is 0 Å². The van der Waals surface area contributed by atoms with E-state index in [2.05, 4.69) is 21.0 Å². The Morgan fingerprint density at radius 2 is 2.15 bits per heavy atom. The predicted molar refractivity (Wildman–Crippen MR) is 106 cm³/mol.